The van der Waals surface area contributed by atoms with E-state index >= 15 is 0 Å². The smallest absolute Gasteiger partial charge is 0.141 e. The highest BCUT2D eigenvalue weighted by Gasteiger charge is 2.05. The molecule has 1 nitrogen and oxygen atoms in total. The number of hydrogen-bond acceptors (Lipinski definition) is 2. The molecule has 1 N–H and O–H groups in total. The molecule has 0 unspecified atom stereocenters. The monoisotopic (exact) mass is 181 g/mol. The van der Waals surface area contributed by atoms with Gasteiger partial charge in [-0.2, -0.15) is 0 Å². The Morgan fingerprint density at radius 1 is 1.42 bits per heavy atom. The predicted molar refractivity (Wildman–Crippen MR) is 51.3 cm³/mol. The number of benzene rings is 1. The molecule has 0 saturated heterocycles. The van der Waals surface area contributed by atoms with Gasteiger partial charge in [0.25, 0.3) is 0 Å². The van der Waals surface area contributed by atoms with Crippen LogP contribution in [0.5, 0.6) is 0 Å². The van der Waals surface area contributed by atoms with E-state index in [-0.39, 0.29) is 5.82 Å². The van der Waals surface area contributed by atoms with Gasteiger partial charge in [0.15, 0.2) is 0 Å². The Morgan fingerprint density at radius 3 is 3.00 bits per heavy atom. The molecule has 0 atom stereocenters. The van der Waals surface area contributed by atoms with Gasteiger partial charge in [0.05, 0.1) is 10.4 Å². The summed E-state index contributed by atoms with van der Waals surface area (Å²) < 4.78 is 13.8. The maximum atomic E-state index is 13.1. The first-order valence-corrected chi connectivity index (χ1v) is 4.54. The normalized spacial score (nSPS) is 10.5. The minimum atomic E-state index is -0.140. The van der Waals surface area contributed by atoms with Crippen molar-refractivity contribution in [3.63, 3.8) is 0 Å². The third kappa shape index (κ3) is 0.975. The number of halogens is 1. The molecule has 1 aromatic heterocycles. The minimum Gasteiger partial charge on any atom is -0.387 e. The highest BCUT2D eigenvalue weighted by atomic mass is 32.1. The Labute approximate surface area is 73.8 Å². The molecule has 0 aliphatic carbocycles. The van der Waals surface area contributed by atoms with E-state index in [1.165, 1.54) is 17.4 Å². The van der Waals surface area contributed by atoms with E-state index < -0.39 is 0 Å². The Morgan fingerprint density at radius 2 is 2.25 bits per heavy atom. The van der Waals surface area contributed by atoms with Crippen LogP contribution in [-0.2, 0) is 0 Å². The van der Waals surface area contributed by atoms with Crippen molar-refractivity contribution in [2.24, 2.45) is 0 Å². The third-order valence-corrected chi connectivity index (χ3v) is 2.83. The lowest BCUT2D eigenvalue weighted by Gasteiger charge is -1.95. The van der Waals surface area contributed by atoms with Crippen molar-refractivity contribution in [2.45, 2.75) is 0 Å². The van der Waals surface area contributed by atoms with Crippen LogP contribution in [-0.4, -0.2) is 7.05 Å². The van der Waals surface area contributed by atoms with Crippen LogP contribution in [0.1, 0.15) is 0 Å². The molecule has 0 fully saturated rings. The van der Waals surface area contributed by atoms with Crippen molar-refractivity contribution >= 4 is 27.1 Å². The summed E-state index contributed by atoms with van der Waals surface area (Å²) in [5.41, 5.74) is 0.995. The van der Waals surface area contributed by atoms with Crippen LogP contribution >= 0.6 is 11.3 Å². The Bertz CT molecular complexity index is 408. The molecule has 0 spiro atoms. The van der Waals surface area contributed by atoms with Crippen LogP contribution in [0.4, 0.5) is 10.1 Å². The topological polar surface area (TPSA) is 12.0 Å². The molecule has 0 amide bonds. The molecule has 1 aromatic carbocycles. The van der Waals surface area contributed by atoms with Gasteiger partial charge < -0.3 is 5.32 Å². The summed E-state index contributed by atoms with van der Waals surface area (Å²) in [6.07, 6.45) is 0. The van der Waals surface area contributed by atoms with E-state index in [4.69, 9.17) is 0 Å². The average molecular weight is 181 g/mol. The fourth-order valence-electron chi connectivity index (χ4n) is 1.22. The maximum absolute atomic E-state index is 13.1. The van der Waals surface area contributed by atoms with Crippen LogP contribution in [0.25, 0.3) is 10.1 Å². The molecule has 12 heavy (non-hydrogen) atoms. The number of thiophene rings is 1. The van der Waals surface area contributed by atoms with Crippen LogP contribution in [0.2, 0.25) is 0 Å². The average Bonchev–Trinajstić information content (AvgIpc) is 2.49. The summed E-state index contributed by atoms with van der Waals surface area (Å²) >= 11 is 1.43. The van der Waals surface area contributed by atoms with Gasteiger partial charge in [-0.05, 0) is 6.07 Å². The third-order valence-electron chi connectivity index (χ3n) is 1.82. The molecule has 0 aliphatic rings. The maximum Gasteiger partial charge on any atom is 0.141 e. The van der Waals surface area contributed by atoms with Gasteiger partial charge in [0, 0.05) is 17.8 Å². The van der Waals surface area contributed by atoms with Gasteiger partial charge in [0.1, 0.15) is 5.82 Å². The zero-order chi connectivity index (χ0) is 8.55. The molecule has 0 bridgehead atoms. The van der Waals surface area contributed by atoms with Crippen molar-refractivity contribution in [3.8, 4) is 0 Å². The lowest BCUT2D eigenvalue weighted by atomic mass is 10.2. The highest BCUT2D eigenvalue weighted by molar-refractivity contribution is 7.17. The highest BCUT2D eigenvalue weighted by Crippen LogP contribution is 2.31. The Balaban J connectivity index is 2.80. The van der Waals surface area contributed by atoms with E-state index in [9.17, 15) is 4.39 Å². The molecule has 62 valence electrons. The molecule has 2 aromatic rings. The first-order valence-electron chi connectivity index (χ1n) is 3.66. The number of rotatable bonds is 1. The van der Waals surface area contributed by atoms with Crippen LogP contribution in [0.15, 0.2) is 23.6 Å². The fraction of sp³-hybridized carbons (Fsp3) is 0.111. The zero-order valence-electron chi connectivity index (χ0n) is 6.60. The molecule has 0 saturated carbocycles. The molecular formula is C9H8FNS. The summed E-state index contributed by atoms with van der Waals surface area (Å²) in [7, 11) is 1.84. The fourth-order valence-corrected chi connectivity index (χ4v) is 2.18. The number of hydrogen-bond donors (Lipinski definition) is 1. The summed E-state index contributed by atoms with van der Waals surface area (Å²) in [6.45, 7) is 0. The first-order chi connectivity index (χ1) is 5.83. The summed E-state index contributed by atoms with van der Waals surface area (Å²) in [4.78, 5) is 0. The van der Waals surface area contributed by atoms with Crippen LogP contribution in [0, 0.1) is 5.82 Å². The van der Waals surface area contributed by atoms with E-state index in [0.717, 1.165) is 15.8 Å². The quantitative estimate of drug-likeness (QED) is 0.712. The second kappa shape index (κ2) is 2.75. The predicted octanol–water partition coefficient (Wildman–Crippen LogP) is 3.08. The molecule has 3 heteroatoms. The molecule has 0 aliphatic heterocycles. The number of nitrogens with one attached hydrogen (secondary N) is 1. The van der Waals surface area contributed by atoms with Gasteiger partial charge >= 0.3 is 0 Å². The largest absolute Gasteiger partial charge is 0.387 e. The van der Waals surface area contributed by atoms with Crippen molar-refractivity contribution in [2.75, 3.05) is 12.4 Å². The van der Waals surface area contributed by atoms with E-state index in [1.807, 2.05) is 18.5 Å². The summed E-state index contributed by atoms with van der Waals surface area (Å²) in [5, 5.41) is 5.91. The first kappa shape index (κ1) is 7.55. The lowest BCUT2D eigenvalue weighted by molar-refractivity contribution is 0.642. The van der Waals surface area contributed by atoms with Crippen molar-refractivity contribution in [1.29, 1.82) is 0 Å². The van der Waals surface area contributed by atoms with E-state index in [0.29, 0.717) is 0 Å². The molecule has 0 radical (unpaired) electrons. The Kier molecular flexibility index (Phi) is 1.73. The second-order valence-electron chi connectivity index (χ2n) is 2.52. The van der Waals surface area contributed by atoms with Crippen molar-refractivity contribution in [1.82, 2.24) is 0 Å². The number of fused-ring (bicyclic) bond motifs is 1. The molecular weight excluding hydrogens is 173 g/mol. The van der Waals surface area contributed by atoms with E-state index in [2.05, 4.69) is 5.32 Å². The van der Waals surface area contributed by atoms with Crippen LogP contribution < -0.4 is 5.32 Å². The SMILES string of the molecule is CNc1csc2c(F)cccc12. The van der Waals surface area contributed by atoms with E-state index in [1.54, 1.807) is 6.07 Å². The van der Waals surface area contributed by atoms with Gasteiger partial charge in [-0.15, -0.1) is 11.3 Å². The van der Waals surface area contributed by atoms with Gasteiger partial charge in [-0.25, -0.2) is 4.39 Å². The summed E-state index contributed by atoms with van der Waals surface area (Å²) in [6, 6.07) is 5.13. The Hall–Kier alpha value is -1.09. The minimum absolute atomic E-state index is 0.140. The zero-order valence-corrected chi connectivity index (χ0v) is 7.41. The second-order valence-corrected chi connectivity index (χ2v) is 3.40. The molecule has 2 rings (SSSR count). The van der Waals surface area contributed by atoms with Gasteiger partial charge in [-0.3, -0.25) is 0 Å². The van der Waals surface area contributed by atoms with Gasteiger partial charge in [0.2, 0.25) is 0 Å². The summed E-state index contributed by atoms with van der Waals surface area (Å²) in [5.74, 6) is -0.140. The molecule has 1 heterocycles. The van der Waals surface area contributed by atoms with Gasteiger partial charge in [-0.1, -0.05) is 12.1 Å². The van der Waals surface area contributed by atoms with Crippen molar-refractivity contribution < 1.29 is 4.39 Å². The number of anilines is 1. The lowest BCUT2D eigenvalue weighted by Crippen LogP contribution is -1.84. The standard InChI is InChI=1S/C9H8FNS/c1-11-8-5-12-9-6(8)3-2-4-7(9)10/h2-5,11H,1H3. The van der Waals surface area contributed by atoms with Crippen molar-refractivity contribution in [3.05, 3.63) is 29.4 Å². The van der Waals surface area contributed by atoms with Crippen LogP contribution in [0.3, 0.4) is 0 Å².